The molecule has 9 heteroatoms. The number of halogens is 2. The summed E-state index contributed by atoms with van der Waals surface area (Å²) in [6.45, 7) is 0. The van der Waals surface area contributed by atoms with Crippen molar-refractivity contribution in [3.05, 3.63) is 28.5 Å². The summed E-state index contributed by atoms with van der Waals surface area (Å²) in [7, 11) is 3.61. The lowest BCUT2D eigenvalue weighted by molar-refractivity contribution is 0.0826. The van der Waals surface area contributed by atoms with Crippen molar-refractivity contribution in [1.82, 2.24) is 9.80 Å². The quantitative estimate of drug-likeness (QED) is 0.700. The first kappa shape index (κ1) is 17.2. The smallest absolute Gasteiger partial charge is 0.235 e. The molecule has 0 spiro atoms. The molecule has 0 N–H and O–H groups in total. The van der Waals surface area contributed by atoms with Crippen molar-refractivity contribution >= 4 is 61.5 Å². The molecule has 2 atom stereocenters. The highest BCUT2D eigenvalue weighted by molar-refractivity contribution is 7.82. The van der Waals surface area contributed by atoms with Crippen LogP contribution >= 0.6 is 49.5 Å². The van der Waals surface area contributed by atoms with Crippen molar-refractivity contribution in [2.24, 2.45) is 0 Å². The van der Waals surface area contributed by atoms with E-state index in [1.165, 1.54) is 6.07 Å². The molecule has 0 aliphatic carbocycles. The highest BCUT2D eigenvalue weighted by Crippen LogP contribution is 2.36. The van der Waals surface area contributed by atoms with Gasteiger partial charge in [0.15, 0.2) is 0 Å². The van der Waals surface area contributed by atoms with Gasteiger partial charge in [0.25, 0.3) is 0 Å². The molecule has 1 fully saturated rings. The Morgan fingerprint density at radius 3 is 2.14 bits per heavy atom. The minimum Gasteiger partial charge on any atom is -0.320 e. The van der Waals surface area contributed by atoms with Crippen molar-refractivity contribution in [2.75, 3.05) is 19.0 Å². The second kappa shape index (κ2) is 6.55. The molecule has 2 rings (SSSR count). The number of benzene rings is 1. The fourth-order valence-electron chi connectivity index (χ4n) is 2.10. The van der Waals surface area contributed by atoms with E-state index in [9.17, 15) is 9.18 Å². The van der Waals surface area contributed by atoms with Gasteiger partial charge in [-0.2, -0.15) is 0 Å². The lowest BCUT2D eigenvalue weighted by Gasteiger charge is -2.52. The van der Waals surface area contributed by atoms with Crippen LogP contribution in [0.15, 0.2) is 12.1 Å². The van der Waals surface area contributed by atoms with Crippen LogP contribution in [-0.4, -0.2) is 46.7 Å². The maximum Gasteiger partial charge on any atom is 0.235 e. The SMILES string of the molecule is CN1C(S)N(C)C(S)N(c2cc([C]=O)c(Cl)cc2F)C1S. The van der Waals surface area contributed by atoms with Crippen molar-refractivity contribution in [3.63, 3.8) is 0 Å². The van der Waals surface area contributed by atoms with Gasteiger partial charge in [-0.1, -0.05) is 11.6 Å². The first-order chi connectivity index (χ1) is 9.79. The van der Waals surface area contributed by atoms with E-state index in [0.29, 0.717) is 0 Å². The van der Waals surface area contributed by atoms with Gasteiger partial charge in [0.2, 0.25) is 6.29 Å². The van der Waals surface area contributed by atoms with Crippen molar-refractivity contribution < 1.29 is 9.18 Å². The van der Waals surface area contributed by atoms with Gasteiger partial charge in [-0.25, -0.2) is 4.39 Å². The van der Waals surface area contributed by atoms with Crippen LogP contribution in [-0.2, 0) is 4.79 Å². The molecule has 0 bridgehead atoms. The predicted octanol–water partition coefficient (Wildman–Crippen LogP) is 2.26. The first-order valence-corrected chi connectivity index (χ1v) is 7.86. The third-order valence-corrected chi connectivity index (χ3v) is 5.65. The zero-order valence-electron chi connectivity index (χ0n) is 11.2. The van der Waals surface area contributed by atoms with Gasteiger partial charge in [0.05, 0.1) is 10.7 Å². The molecule has 2 unspecified atom stereocenters. The van der Waals surface area contributed by atoms with Gasteiger partial charge in [0.1, 0.15) is 22.3 Å². The van der Waals surface area contributed by atoms with Crippen LogP contribution in [0, 0.1) is 5.82 Å². The fourth-order valence-corrected chi connectivity index (χ4v) is 3.61. The zero-order valence-corrected chi connectivity index (χ0v) is 14.7. The Labute approximate surface area is 144 Å². The van der Waals surface area contributed by atoms with Gasteiger partial charge in [-0.3, -0.25) is 14.6 Å². The minimum atomic E-state index is -0.559. The van der Waals surface area contributed by atoms with Gasteiger partial charge in [-0.15, -0.1) is 37.9 Å². The molecular weight excluding hydrogens is 353 g/mol. The Bertz CT molecular complexity index is 549. The van der Waals surface area contributed by atoms with E-state index >= 15 is 0 Å². The number of nitrogens with zero attached hydrogens (tertiary/aromatic N) is 3. The number of anilines is 1. The Morgan fingerprint density at radius 2 is 1.67 bits per heavy atom. The molecule has 1 radical (unpaired) electrons. The Kier molecular flexibility index (Phi) is 5.38. The summed E-state index contributed by atoms with van der Waals surface area (Å²) in [5.74, 6) is -0.559. The highest BCUT2D eigenvalue weighted by Gasteiger charge is 2.39. The molecule has 1 aromatic rings. The average Bonchev–Trinajstić information content (AvgIpc) is 2.45. The van der Waals surface area contributed by atoms with Crippen LogP contribution in [0.2, 0.25) is 5.02 Å². The molecule has 1 heterocycles. The molecule has 4 nitrogen and oxygen atoms in total. The number of rotatable bonds is 2. The molecule has 0 saturated carbocycles. The number of hydrogen-bond donors (Lipinski definition) is 3. The second-order valence-corrected chi connectivity index (χ2v) is 6.46. The summed E-state index contributed by atoms with van der Waals surface area (Å²) in [6, 6.07) is 2.43. The van der Waals surface area contributed by atoms with Crippen LogP contribution in [0.25, 0.3) is 0 Å². The molecule has 1 aliphatic heterocycles. The number of carbonyl (C=O) groups excluding carboxylic acids is 1. The highest BCUT2D eigenvalue weighted by atomic mass is 35.5. The largest absolute Gasteiger partial charge is 0.320 e. The molecule has 1 saturated heterocycles. The lowest BCUT2D eigenvalue weighted by atomic mass is 10.2. The Balaban J connectivity index is 2.51. The van der Waals surface area contributed by atoms with E-state index in [1.54, 1.807) is 25.3 Å². The average molecular weight is 367 g/mol. The van der Waals surface area contributed by atoms with E-state index < -0.39 is 16.8 Å². The van der Waals surface area contributed by atoms with E-state index in [2.05, 4.69) is 37.9 Å². The summed E-state index contributed by atoms with van der Waals surface area (Å²) < 4.78 is 14.3. The summed E-state index contributed by atoms with van der Waals surface area (Å²) in [4.78, 5) is 16.1. The molecular formula is C12H14ClFN3OS3. The summed E-state index contributed by atoms with van der Waals surface area (Å²) in [5, 5.41) is 0.0171. The monoisotopic (exact) mass is 366 g/mol. The summed E-state index contributed by atoms with van der Waals surface area (Å²) in [6.07, 6.45) is 1.70. The molecule has 21 heavy (non-hydrogen) atoms. The lowest BCUT2D eigenvalue weighted by Crippen LogP contribution is -2.64. The standard InChI is InChI=1S/C12H14ClFN3OS3/c1-15-10(19)16(2)12(21)17(11(15)20)9-3-6(5-18)7(13)4-8(9)14/h3-4,10-12,19-21H,1-2H3. The Hall–Kier alpha value is -0.120. The van der Waals surface area contributed by atoms with Gasteiger partial charge in [0, 0.05) is 5.56 Å². The van der Waals surface area contributed by atoms with Crippen LogP contribution in [0.3, 0.4) is 0 Å². The fraction of sp³-hybridized carbons (Fsp3) is 0.417. The maximum atomic E-state index is 14.3. The summed E-state index contributed by atoms with van der Waals surface area (Å²) in [5.41, 5.74) is -0.898. The summed E-state index contributed by atoms with van der Waals surface area (Å²) >= 11 is 19.2. The maximum absolute atomic E-state index is 14.3. The number of hydrogen-bond acceptors (Lipinski definition) is 7. The van der Waals surface area contributed by atoms with Crippen molar-refractivity contribution in [2.45, 2.75) is 16.5 Å². The molecule has 0 amide bonds. The minimum absolute atomic E-state index is 0.0171. The van der Waals surface area contributed by atoms with Crippen molar-refractivity contribution in [3.8, 4) is 0 Å². The van der Waals surface area contributed by atoms with Crippen LogP contribution < -0.4 is 4.90 Å². The van der Waals surface area contributed by atoms with Gasteiger partial charge in [-0.05, 0) is 26.2 Å². The van der Waals surface area contributed by atoms with Crippen molar-refractivity contribution in [1.29, 1.82) is 0 Å². The van der Waals surface area contributed by atoms with E-state index in [-0.39, 0.29) is 21.8 Å². The van der Waals surface area contributed by atoms with E-state index in [1.807, 2.05) is 9.80 Å². The molecule has 115 valence electrons. The van der Waals surface area contributed by atoms with Crippen LogP contribution in [0.1, 0.15) is 5.56 Å². The first-order valence-electron chi connectivity index (χ1n) is 5.93. The molecule has 1 aliphatic rings. The predicted molar refractivity (Wildman–Crippen MR) is 92.5 cm³/mol. The molecule has 1 aromatic carbocycles. The third kappa shape index (κ3) is 3.02. The second-order valence-electron chi connectivity index (χ2n) is 4.66. The topological polar surface area (TPSA) is 26.8 Å². The van der Waals surface area contributed by atoms with Crippen LogP contribution in [0.4, 0.5) is 10.1 Å². The third-order valence-electron chi connectivity index (χ3n) is 3.38. The van der Waals surface area contributed by atoms with E-state index in [4.69, 9.17) is 11.6 Å². The van der Waals surface area contributed by atoms with Gasteiger partial charge < -0.3 is 4.90 Å². The zero-order chi connectivity index (χ0) is 15.9. The van der Waals surface area contributed by atoms with Crippen LogP contribution in [0.5, 0.6) is 0 Å². The molecule has 0 aromatic heterocycles. The van der Waals surface area contributed by atoms with Gasteiger partial charge >= 0.3 is 0 Å². The Morgan fingerprint density at radius 1 is 1.14 bits per heavy atom. The normalized spacial score (nSPS) is 28.0. The number of thiol groups is 3. The van der Waals surface area contributed by atoms with E-state index in [0.717, 1.165) is 6.07 Å².